The van der Waals surface area contributed by atoms with E-state index in [1.807, 2.05) is 25.1 Å². The molecule has 0 unspecified atom stereocenters. The number of pyridine rings is 1. The van der Waals surface area contributed by atoms with Crippen LogP contribution < -0.4 is 10.1 Å². The molecule has 0 saturated carbocycles. The van der Waals surface area contributed by atoms with Gasteiger partial charge in [-0.1, -0.05) is 18.2 Å². The number of hydrogen-bond acceptors (Lipinski definition) is 5. The average molecular weight is 536 g/mol. The number of rotatable bonds is 6. The van der Waals surface area contributed by atoms with Gasteiger partial charge < -0.3 is 24.5 Å². The number of carboxylic acid groups (broad SMARTS) is 1. The Bertz CT molecular complexity index is 1590. The number of benzene rings is 2. The summed E-state index contributed by atoms with van der Waals surface area (Å²) in [5, 5.41) is 14.4. The zero-order valence-electron chi connectivity index (χ0n) is 22.6. The number of fused-ring (bicyclic) bond motifs is 2. The molecule has 0 bridgehead atoms. The molecule has 2 aromatic heterocycles. The van der Waals surface area contributed by atoms with Gasteiger partial charge in [-0.05, 0) is 63.9 Å². The van der Waals surface area contributed by atoms with Crippen LogP contribution in [-0.4, -0.2) is 39.4 Å². The van der Waals surface area contributed by atoms with E-state index in [1.165, 1.54) is 12.1 Å². The highest BCUT2D eigenvalue weighted by Crippen LogP contribution is 2.44. The lowest BCUT2D eigenvalue weighted by Gasteiger charge is -2.29. The monoisotopic (exact) mass is 535 g/mol. The van der Waals surface area contributed by atoms with Crippen LogP contribution in [0.2, 0.25) is 0 Å². The first kappa shape index (κ1) is 26.6. The summed E-state index contributed by atoms with van der Waals surface area (Å²) in [5.41, 5.74) is 4.08. The maximum atomic E-state index is 14.5. The third-order valence-electron chi connectivity index (χ3n) is 6.82. The van der Waals surface area contributed by atoms with E-state index in [2.05, 4.69) is 5.32 Å². The maximum absolute atomic E-state index is 14.5. The number of anilines is 1. The van der Waals surface area contributed by atoms with Crippen LogP contribution in [0.25, 0.3) is 22.2 Å². The Labute approximate surface area is 225 Å². The molecule has 39 heavy (non-hydrogen) atoms. The summed E-state index contributed by atoms with van der Waals surface area (Å²) in [5.74, 6) is -2.23. The largest absolute Gasteiger partial charge is 0.490 e. The summed E-state index contributed by atoms with van der Waals surface area (Å²) in [7, 11) is 0. The van der Waals surface area contributed by atoms with Crippen molar-refractivity contribution in [2.75, 3.05) is 18.5 Å². The van der Waals surface area contributed by atoms with Crippen LogP contribution in [0.4, 0.5) is 14.5 Å². The summed E-state index contributed by atoms with van der Waals surface area (Å²) in [4.78, 5) is 17.4. The molecular weight excluding hydrogens is 504 g/mol. The van der Waals surface area contributed by atoms with Crippen LogP contribution in [-0.2, 0) is 16.1 Å². The van der Waals surface area contributed by atoms with Gasteiger partial charge in [0.05, 0.1) is 17.8 Å². The number of aliphatic carboxylic acids is 1. The quantitative estimate of drug-likeness (QED) is 0.298. The Kier molecular flexibility index (Phi) is 6.80. The molecule has 2 aromatic carbocycles. The Hall–Kier alpha value is -3.98. The number of aryl methyl sites for hydroxylation is 1. The van der Waals surface area contributed by atoms with Crippen molar-refractivity contribution >= 4 is 22.7 Å². The van der Waals surface area contributed by atoms with E-state index < -0.39 is 29.3 Å². The Morgan fingerprint density at radius 2 is 1.97 bits per heavy atom. The maximum Gasteiger partial charge on any atom is 0.337 e. The molecule has 204 valence electrons. The predicted molar refractivity (Wildman–Crippen MR) is 145 cm³/mol. The topological polar surface area (TPSA) is 85.6 Å². The minimum absolute atomic E-state index is 0.0533. The number of halogens is 2. The van der Waals surface area contributed by atoms with Gasteiger partial charge in [0.1, 0.15) is 18.0 Å². The molecular formula is C30H31F2N3O4. The van der Waals surface area contributed by atoms with Crippen molar-refractivity contribution in [2.45, 2.75) is 52.9 Å². The SMILES string of the molecule is Cc1nc2c(ccn2Cc2cccc(F)c2F)c(-c2ccc3c(c2C)NCCO3)c1[C@H](OC(C)(C)C)C(=O)O. The summed E-state index contributed by atoms with van der Waals surface area (Å²) < 4.78 is 42.1. The molecule has 4 aromatic rings. The van der Waals surface area contributed by atoms with Gasteiger partial charge in [0.2, 0.25) is 0 Å². The second-order valence-corrected chi connectivity index (χ2v) is 10.7. The van der Waals surface area contributed by atoms with Crippen LogP contribution in [0.15, 0.2) is 42.6 Å². The van der Waals surface area contributed by atoms with E-state index in [4.69, 9.17) is 14.5 Å². The second-order valence-electron chi connectivity index (χ2n) is 10.7. The highest BCUT2D eigenvalue weighted by molar-refractivity contribution is 5.99. The van der Waals surface area contributed by atoms with Crippen molar-refractivity contribution < 1.29 is 28.2 Å². The molecule has 7 nitrogen and oxygen atoms in total. The van der Waals surface area contributed by atoms with E-state index >= 15 is 0 Å². The van der Waals surface area contributed by atoms with Gasteiger partial charge >= 0.3 is 5.97 Å². The number of nitrogens with zero attached hydrogens (tertiary/aromatic N) is 2. The molecule has 3 heterocycles. The van der Waals surface area contributed by atoms with Crippen molar-refractivity contribution in [3.05, 3.63) is 76.6 Å². The first-order valence-corrected chi connectivity index (χ1v) is 12.8. The summed E-state index contributed by atoms with van der Waals surface area (Å²) in [6.07, 6.45) is 0.463. The molecule has 5 rings (SSSR count). The molecule has 0 spiro atoms. The fourth-order valence-electron chi connectivity index (χ4n) is 5.14. The predicted octanol–water partition coefficient (Wildman–Crippen LogP) is 6.39. The first-order valence-electron chi connectivity index (χ1n) is 12.8. The van der Waals surface area contributed by atoms with Crippen LogP contribution in [0.1, 0.15) is 49.3 Å². The number of carboxylic acids is 1. The van der Waals surface area contributed by atoms with Gasteiger partial charge in [-0.15, -0.1) is 0 Å². The molecule has 0 radical (unpaired) electrons. The lowest BCUT2D eigenvalue weighted by Crippen LogP contribution is -2.28. The Balaban J connectivity index is 1.78. The van der Waals surface area contributed by atoms with Crippen LogP contribution in [0.5, 0.6) is 5.75 Å². The van der Waals surface area contributed by atoms with Crippen molar-refractivity contribution in [1.29, 1.82) is 0 Å². The summed E-state index contributed by atoms with van der Waals surface area (Å²) in [6.45, 7) is 10.4. The number of carbonyl (C=O) groups is 1. The molecule has 0 saturated heterocycles. The van der Waals surface area contributed by atoms with Gasteiger partial charge in [-0.2, -0.15) is 0 Å². The smallest absolute Gasteiger partial charge is 0.337 e. The minimum Gasteiger partial charge on any atom is -0.490 e. The van der Waals surface area contributed by atoms with Crippen molar-refractivity contribution in [3.8, 4) is 16.9 Å². The lowest BCUT2D eigenvalue weighted by molar-refractivity contribution is -0.160. The molecule has 0 aliphatic carbocycles. The first-order chi connectivity index (χ1) is 18.5. The Morgan fingerprint density at radius 1 is 1.21 bits per heavy atom. The third-order valence-corrected chi connectivity index (χ3v) is 6.82. The van der Waals surface area contributed by atoms with Crippen LogP contribution in [0.3, 0.4) is 0 Å². The molecule has 2 N–H and O–H groups in total. The average Bonchev–Trinajstić information content (AvgIpc) is 3.26. The standard InChI is InChI=1S/C30H31F2N3O4/c1-16-19(9-10-22-26(16)33-12-14-38-22)24-20-11-13-35(15-18-7-6-8-21(31)25(18)32)28(20)34-17(2)23(24)27(29(36)37)39-30(3,4)5/h6-11,13,27,33H,12,14-15H2,1-5H3,(H,36,37)/t27-/m0/s1. The zero-order chi connectivity index (χ0) is 28.1. The minimum atomic E-state index is -1.29. The Morgan fingerprint density at radius 3 is 2.69 bits per heavy atom. The highest BCUT2D eigenvalue weighted by Gasteiger charge is 2.33. The number of ether oxygens (including phenoxy) is 2. The fourth-order valence-corrected chi connectivity index (χ4v) is 5.14. The van der Waals surface area contributed by atoms with E-state index in [0.717, 1.165) is 28.6 Å². The second kappa shape index (κ2) is 9.96. The number of hydrogen-bond donors (Lipinski definition) is 2. The lowest BCUT2D eigenvalue weighted by atomic mass is 9.89. The van der Waals surface area contributed by atoms with E-state index in [1.54, 1.807) is 38.5 Å². The molecule has 1 aliphatic heterocycles. The fraction of sp³-hybridized carbons (Fsp3) is 0.333. The summed E-state index contributed by atoms with van der Waals surface area (Å²) >= 11 is 0. The molecule has 0 amide bonds. The number of nitrogens with one attached hydrogen (secondary N) is 1. The van der Waals surface area contributed by atoms with Gasteiger partial charge in [0, 0.05) is 40.5 Å². The molecule has 1 atom stereocenters. The van der Waals surface area contributed by atoms with Gasteiger partial charge in [-0.25, -0.2) is 18.6 Å². The van der Waals surface area contributed by atoms with E-state index in [9.17, 15) is 18.7 Å². The van der Waals surface area contributed by atoms with Crippen LogP contribution in [0, 0.1) is 25.5 Å². The molecule has 1 aliphatic rings. The van der Waals surface area contributed by atoms with Gasteiger partial charge in [0.25, 0.3) is 0 Å². The van der Waals surface area contributed by atoms with E-state index in [-0.39, 0.29) is 12.1 Å². The van der Waals surface area contributed by atoms with Crippen LogP contribution >= 0.6 is 0 Å². The van der Waals surface area contributed by atoms with E-state index in [0.29, 0.717) is 41.0 Å². The molecule has 0 fully saturated rings. The highest BCUT2D eigenvalue weighted by atomic mass is 19.2. The third kappa shape index (κ3) is 4.94. The van der Waals surface area contributed by atoms with Crippen molar-refractivity contribution in [2.24, 2.45) is 0 Å². The normalized spacial score (nSPS) is 14.0. The van der Waals surface area contributed by atoms with Gasteiger partial charge in [0.15, 0.2) is 17.7 Å². The van der Waals surface area contributed by atoms with Crippen molar-refractivity contribution in [1.82, 2.24) is 9.55 Å². The zero-order valence-corrected chi connectivity index (χ0v) is 22.6. The molecule has 9 heteroatoms. The summed E-state index contributed by atoms with van der Waals surface area (Å²) in [6, 6.07) is 9.69. The number of aromatic nitrogens is 2. The van der Waals surface area contributed by atoms with Crippen molar-refractivity contribution in [3.63, 3.8) is 0 Å². The van der Waals surface area contributed by atoms with Gasteiger partial charge in [-0.3, -0.25) is 0 Å².